The van der Waals surface area contributed by atoms with Crippen LogP contribution in [0.4, 0.5) is 0 Å². The van der Waals surface area contributed by atoms with E-state index in [1.54, 1.807) is 6.92 Å². The van der Waals surface area contributed by atoms with E-state index in [1.807, 2.05) is 35.2 Å². The van der Waals surface area contributed by atoms with Gasteiger partial charge in [0.15, 0.2) is 18.9 Å². The lowest BCUT2D eigenvalue weighted by Crippen LogP contribution is -3.00. The third-order valence-corrected chi connectivity index (χ3v) is 1.71. The van der Waals surface area contributed by atoms with Gasteiger partial charge in [0.25, 0.3) is 0 Å². The Hall–Kier alpha value is -1.16. The first-order valence-electron chi connectivity index (χ1n) is 4.53. The van der Waals surface area contributed by atoms with E-state index in [-0.39, 0.29) is 23.0 Å². The van der Waals surface area contributed by atoms with Crippen molar-refractivity contribution in [3.8, 4) is 0 Å². The van der Waals surface area contributed by atoms with Crippen LogP contribution >= 0.6 is 0 Å². The van der Waals surface area contributed by atoms with Crippen molar-refractivity contribution in [3.63, 3.8) is 0 Å². The number of ether oxygens (including phenoxy) is 1. The quantitative estimate of drug-likeness (QED) is 0.364. The molecule has 0 atom stereocenters. The molecule has 0 N–H and O–H groups in total. The average molecular weight is 272 g/mol. The summed E-state index contributed by atoms with van der Waals surface area (Å²) in [5.41, 5.74) is 0.461. The van der Waals surface area contributed by atoms with Gasteiger partial charge in [-0.15, -0.1) is 0 Å². The van der Waals surface area contributed by atoms with E-state index in [9.17, 15) is 4.79 Å². The summed E-state index contributed by atoms with van der Waals surface area (Å²) in [6.07, 6.45) is 3.76. The number of nitrogens with zero attached hydrogens (tertiary/aromatic N) is 1. The molecule has 0 aliphatic carbocycles. The van der Waals surface area contributed by atoms with Crippen molar-refractivity contribution < 1.29 is 31.1 Å². The minimum atomic E-state index is -0.330. The molecule has 1 aromatic rings. The van der Waals surface area contributed by atoms with E-state index in [4.69, 9.17) is 4.74 Å². The molecule has 0 unspecified atom stereocenters. The second kappa shape index (κ2) is 7.17. The second-order valence-electron chi connectivity index (χ2n) is 2.87. The molecule has 82 valence electrons. The number of hydrogen-bond acceptors (Lipinski definition) is 2. The average Bonchev–Trinajstić information content (AvgIpc) is 2.19. The zero-order chi connectivity index (χ0) is 10.4. The molecule has 0 fully saturated rings. The Bertz CT molecular complexity index is 325. The summed E-state index contributed by atoms with van der Waals surface area (Å²) in [6, 6.07) is 5.72. The molecule has 15 heavy (non-hydrogen) atoms. The van der Waals surface area contributed by atoms with E-state index >= 15 is 0 Å². The molecule has 3 nitrogen and oxygen atoms in total. The third kappa shape index (κ3) is 4.74. The van der Waals surface area contributed by atoms with Crippen molar-refractivity contribution in [2.24, 2.45) is 0 Å². The Morgan fingerprint density at radius 2 is 1.93 bits per heavy atom. The first-order valence-corrected chi connectivity index (χ1v) is 4.53. The van der Waals surface area contributed by atoms with Gasteiger partial charge in [-0.2, -0.15) is 0 Å². The van der Waals surface area contributed by atoms with Crippen LogP contribution in [0, 0.1) is 0 Å². The molecular weight excluding hydrogens is 258 g/mol. The molecule has 0 amide bonds. The lowest BCUT2D eigenvalue weighted by Gasteiger charge is -2.01. The number of esters is 1. The van der Waals surface area contributed by atoms with Crippen LogP contribution in [0.3, 0.4) is 0 Å². The van der Waals surface area contributed by atoms with Crippen LogP contribution in [0.2, 0.25) is 0 Å². The SMILES string of the molecule is C=C(C[n+]1ccccc1)C(=O)OCC.[Br-]. The van der Waals surface area contributed by atoms with Crippen molar-refractivity contribution in [3.05, 3.63) is 42.7 Å². The van der Waals surface area contributed by atoms with Crippen molar-refractivity contribution >= 4 is 5.97 Å². The molecule has 4 heteroatoms. The Labute approximate surface area is 100 Å². The van der Waals surface area contributed by atoms with Crippen molar-refractivity contribution in [1.82, 2.24) is 0 Å². The lowest BCUT2D eigenvalue weighted by molar-refractivity contribution is -0.688. The van der Waals surface area contributed by atoms with Crippen LogP contribution in [-0.4, -0.2) is 12.6 Å². The Morgan fingerprint density at radius 1 is 1.33 bits per heavy atom. The summed E-state index contributed by atoms with van der Waals surface area (Å²) in [7, 11) is 0. The highest BCUT2D eigenvalue weighted by Crippen LogP contribution is 1.94. The van der Waals surface area contributed by atoms with Crippen molar-refractivity contribution in [2.75, 3.05) is 6.61 Å². The van der Waals surface area contributed by atoms with Gasteiger partial charge in [0, 0.05) is 12.1 Å². The van der Waals surface area contributed by atoms with Crippen LogP contribution in [-0.2, 0) is 16.1 Å². The molecule has 0 aromatic carbocycles. The fourth-order valence-corrected chi connectivity index (χ4v) is 1.06. The number of carbonyl (C=O) groups is 1. The fraction of sp³-hybridized carbons (Fsp3) is 0.273. The summed E-state index contributed by atoms with van der Waals surface area (Å²) in [4.78, 5) is 11.2. The zero-order valence-electron chi connectivity index (χ0n) is 8.65. The minimum Gasteiger partial charge on any atom is -1.00 e. The Morgan fingerprint density at radius 3 is 2.47 bits per heavy atom. The maximum absolute atomic E-state index is 11.2. The highest BCUT2D eigenvalue weighted by Gasteiger charge is 2.11. The molecule has 1 rings (SSSR count). The third-order valence-electron chi connectivity index (χ3n) is 1.71. The van der Waals surface area contributed by atoms with Crippen molar-refractivity contribution in [1.29, 1.82) is 0 Å². The second-order valence-corrected chi connectivity index (χ2v) is 2.87. The molecule has 0 aliphatic rings. The first kappa shape index (κ1) is 13.8. The molecular formula is C11H14BrNO2. The summed E-state index contributed by atoms with van der Waals surface area (Å²) in [5, 5.41) is 0. The summed E-state index contributed by atoms with van der Waals surface area (Å²) < 4.78 is 6.70. The van der Waals surface area contributed by atoms with E-state index in [1.165, 1.54) is 0 Å². The number of hydrogen-bond donors (Lipinski definition) is 0. The molecule has 0 radical (unpaired) electrons. The van der Waals surface area contributed by atoms with E-state index in [0.717, 1.165) is 0 Å². The van der Waals surface area contributed by atoms with Gasteiger partial charge in [0.1, 0.15) is 0 Å². The lowest BCUT2D eigenvalue weighted by atomic mass is 10.3. The van der Waals surface area contributed by atoms with Gasteiger partial charge in [0.05, 0.1) is 12.2 Å². The van der Waals surface area contributed by atoms with Gasteiger partial charge in [0.2, 0.25) is 0 Å². The van der Waals surface area contributed by atoms with E-state index in [2.05, 4.69) is 6.58 Å². The predicted molar refractivity (Wildman–Crippen MR) is 52.4 cm³/mol. The Balaban J connectivity index is 0.00000196. The molecule has 0 bridgehead atoms. The van der Waals surface area contributed by atoms with Crippen LogP contribution in [0.5, 0.6) is 0 Å². The standard InChI is InChI=1S/C11H14NO2.BrH/c1-3-14-11(13)10(2)9-12-7-5-4-6-8-12;/h4-8H,2-3,9H2,1H3;1H/q+1;/p-1. The van der Waals surface area contributed by atoms with Gasteiger partial charge in [-0.3, -0.25) is 0 Å². The first-order chi connectivity index (χ1) is 6.74. The van der Waals surface area contributed by atoms with Crippen molar-refractivity contribution in [2.45, 2.75) is 13.5 Å². The van der Waals surface area contributed by atoms with Crippen LogP contribution in [0.25, 0.3) is 0 Å². The number of carbonyl (C=O) groups excluding carboxylic acids is 1. The molecule has 1 aromatic heterocycles. The molecule has 0 saturated carbocycles. The van der Waals surface area contributed by atoms with Gasteiger partial charge in [-0.05, 0) is 6.92 Å². The summed E-state index contributed by atoms with van der Waals surface area (Å²) in [6.45, 7) is 6.31. The smallest absolute Gasteiger partial charge is 0.339 e. The number of aromatic nitrogens is 1. The Kier molecular flexibility index (Phi) is 6.62. The van der Waals surface area contributed by atoms with Crippen LogP contribution < -0.4 is 21.5 Å². The molecule has 1 heterocycles. The maximum atomic E-state index is 11.2. The van der Waals surface area contributed by atoms with Crippen LogP contribution in [0.15, 0.2) is 42.7 Å². The minimum absolute atomic E-state index is 0. The number of rotatable bonds is 4. The highest BCUT2D eigenvalue weighted by atomic mass is 79.9. The molecule has 0 aliphatic heterocycles. The van der Waals surface area contributed by atoms with E-state index in [0.29, 0.717) is 18.7 Å². The maximum Gasteiger partial charge on any atom is 0.339 e. The summed E-state index contributed by atoms with van der Waals surface area (Å²) in [5.74, 6) is -0.330. The van der Waals surface area contributed by atoms with Gasteiger partial charge < -0.3 is 21.7 Å². The molecule has 0 saturated heterocycles. The summed E-state index contributed by atoms with van der Waals surface area (Å²) >= 11 is 0. The zero-order valence-corrected chi connectivity index (χ0v) is 10.2. The van der Waals surface area contributed by atoms with Gasteiger partial charge in [-0.25, -0.2) is 9.36 Å². The normalized spacial score (nSPS) is 8.87. The monoisotopic (exact) mass is 271 g/mol. The number of halogens is 1. The largest absolute Gasteiger partial charge is 1.00 e. The molecule has 0 spiro atoms. The fourth-order valence-electron chi connectivity index (χ4n) is 1.06. The van der Waals surface area contributed by atoms with Gasteiger partial charge in [-0.1, -0.05) is 12.6 Å². The van der Waals surface area contributed by atoms with Crippen LogP contribution in [0.1, 0.15) is 6.92 Å². The van der Waals surface area contributed by atoms with E-state index < -0.39 is 0 Å². The van der Waals surface area contributed by atoms with Gasteiger partial charge >= 0.3 is 5.97 Å². The predicted octanol–water partition coefficient (Wildman–Crippen LogP) is -1.90. The number of pyridine rings is 1. The highest BCUT2D eigenvalue weighted by molar-refractivity contribution is 5.87. The topological polar surface area (TPSA) is 30.2 Å².